The first-order chi connectivity index (χ1) is 15.9. The third-order valence-electron chi connectivity index (χ3n) is 5.05. The van der Waals surface area contributed by atoms with E-state index >= 15 is 0 Å². The summed E-state index contributed by atoms with van der Waals surface area (Å²) in [6.07, 6.45) is 1.69. The molecule has 0 saturated carbocycles. The van der Waals surface area contributed by atoms with Crippen LogP contribution in [0.2, 0.25) is 0 Å². The largest absolute Gasteiger partial charge is 0.372 e. The number of amides is 1. The minimum atomic E-state index is -0.143. The summed E-state index contributed by atoms with van der Waals surface area (Å²) >= 11 is 1.20. The summed E-state index contributed by atoms with van der Waals surface area (Å²) < 4.78 is 1.27. The summed E-state index contributed by atoms with van der Waals surface area (Å²) in [5.41, 5.74) is 7.87. The Morgan fingerprint density at radius 1 is 1.15 bits per heavy atom. The molecule has 0 radical (unpaired) electrons. The van der Waals surface area contributed by atoms with Crippen LogP contribution in [0.3, 0.4) is 0 Å². The van der Waals surface area contributed by atoms with E-state index in [2.05, 4.69) is 56.9 Å². The topological polar surface area (TPSA) is 113 Å². The number of hydrazone groups is 1. The normalized spacial score (nSPS) is 11.0. The number of nitrogens with zero attached hydrogens (tertiary/aromatic N) is 5. The average molecular weight is 467 g/mol. The van der Waals surface area contributed by atoms with E-state index in [9.17, 15) is 4.79 Å². The zero-order chi connectivity index (χ0) is 23.8. The van der Waals surface area contributed by atoms with Gasteiger partial charge in [0.1, 0.15) is 0 Å². The van der Waals surface area contributed by atoms with Gasteiger partial charge in [-0.2, -0.15) is 5.10 Å². The number of thioether (sulfide) groups is 1. The fraction of sp³-hybridized carbons (Fsp3) is 0.304. The monoisotopic (exact) mass is 466 g/mol. The molecule has 0 aliphatic carbocycles. The van der Waals surface area contributed by atoms with E-state index in [-0.39, 0.29) is 17.6 Å². The van der Waals surface area contributed by atoms with Gasteiger partial charge in [0.15, 0.2) is 0 Å². The highest BCUT2D eigenvalue weighted by Crippen LogP contribution is 2.19. The first-order valence-corrected chi connectivity index (χ1v) is 11.7. The van der Waals surface area contributed by atoms with Gasteiger partial charge in [0, 0.05) is 24.5 Å². The summed E-state index contributed by atoms with van der Waals surface area (Å²) in [4.78, 5) is 14.6. The van der Waals surface area contributed by atoms with Crippen LogP contribution in [-0.2, 0) is 4.79 Å². The first-order valence-electron chi connectivity index (χ1n) is 10.8. The number of anilines is 3. The highest BCUT2D eigenvalue weighted by Gasteiger charge is 2.12. The predicted octanol–water partition coefficient (Wildman–Crippen LogP) is 3.63. The molecule has 33 heavy (non-hydrogen) atoms. The Hall–Kier alpha value is -3.53. The number of aryl methyl sites for hydroxylation is 2. The second kappa shape index (κ2) is 11.4. The Morgan fingerprint density at radius 3 is 2.55 bits per heavy atom. The van der Waals surface area contributed by atoms with Crippen molar-refractivity contribution in [3.05, 3.63) is 59.2 Å². The van der Waals surface area contributed by atoms with Crippen molar-refractivity contribution >= 4 is 41.2 Å². The molecule has 3 aromatic rings. The van der Waals surface area contributed by atoms with Crippen molar-refractivity contribution in [2.45, 2.75) is 32.9 Å². The number of aromatic nitrogens is 3. The Labute approximate surface area is 198 Å². The molecule has 1 heterocycles. The van der Waals surface area contributed by atoms with Crippen LogP contribution in [-0.4, -0.2) is 45.8 Å². The number of nitrogens with one attached hydrogen (secondary N) is 2. The zero-order valence-electron chi connectivity index (χ0n) is 19.4. The highest BCUT2D eigenvalue weighted by molar-refractivity contribution is 7.99. The van der Waals surface area contributed by atoms with Crippen molar-refractivity contribution < 1.29 is 4.79 Å². The highest BCUT2D eigenvalue weighted by atomic mass is 32.2. The van der Waals surface area contributed by atoms with Gasteiger partial charge >= 0.3 is 0 Å². The Morgan fingerprint density at radius 2 is 1.88 bits per heavy atom. The molecule has 2 aromatic carbocycles. The van der Waals surface area contributed by atoms with Crippen molar-refractivity contribution in [3.63, 3.8) is 0 Å². The molecule has 0 fully saturated rings. The van der Waals surface area contributed by atoms with Crippen LogP contribution in [0.4, 0.5) is 17.3 Å². The number of carbonyl (C=O) groups excluding carboxylic acids is 1. The van der Waals surface area contributed by atoms with Crippen molar-refractivity contribution in [2.75, 3.05) is 40.3 Å². The predicted molar refractivity (Wildman–Crippen MR) is 137 cm³/mol. The molecule has 0 bridgehead atoms. The fourth-order valence-electron chi connectivity index (χ4n) is 3.25. The van der Waals surface area contributed by atoms with Crippen molar-refractivity contribution in [2.24, 2.45) is 5.10 Å². The molecule has 10 heteroatoms. The second-order valence-corrected chi connectivity index (χ2v) is 8.41. The van der Waals surface area contributed by atoms with E-state index in [4.69, 9.17) is 5.84 Å². The van der Waals surface area contributed by atoms with Gasteiger partial charge < -0.3 is 16.1 Å². The summed E-state index contributed by atoms with van der Waals surface area (Å²) in [6.45, 7) is 10.2. The van der Waals surface area contributed by atoms with E-state index in [1.54, 1.807) is 6.21 Å². The number of benzene rings is 2. The summed E-state index contributed by atoms with van der Waals surface area (Å²) in [5.74, 6) is 6.34. The van der Waals surface area contributed by atoms with Crippen LogP contribution >= 0.6 is 11.8 Å². The molecule has 0 aliphatic heterocycles. The van der Waals surface area contributed by atoms with Gasteiger partial charge in [0.05, 0.1) is 12.0 Å². The first kappa shape index (κ1) is 24.1. The lowest BCUT2D eigenvalue weighted by atomic mass is 10.1. The standard InChI is InChI=1S/C23H30N8OS/c1-5-30(6-2)19-10-8-18(9-11-19)14-25-27-22-28-29-23(31(22)24)33-15-21(32)26-20-12-7-16(3)13-17(20)4/h7-14H,5-6,15,24H2,1-4H3,(H,26,32)(H,27,28)/b25-14+. The zero-order valence-corrected chi connectivity index (χ0v) is 20.2. The van der Waals surface area contributed by atoms with Crippen LogP contribution in [0.15, 0.2) is 52.7 Å². The van der Waals surface area contributed by atoms with Gasteiger partial charge in [-0.1, -0.05) is 41.6 Å². The molecule has 0 aliphatic rings. The number of hydrogen-bond donors (Lipinski definition) is 3. The Bertz CT molecular complexity index is 1110. The Balaban J connectivity index is 1.52. The summed E-state index contributed by atoms with van der Waals surface area (Å²) in [6, 6.07) is 14.0. The third-order valence-corrected chi connectivity index (χ3v) is 6.00. The molecule has 174 valence electrons. The van der Waals surface area contributed by atoms with Crippen molar-refractivity contribution in [1.29, 1.82) is 0 Å². The maximum atomic E-state index is 12.3. The van der Waals surface area contributed by atoms with E-state index in [0.717, 1.165) is 35.5 Å². The lowest BCUT2D eigenvalue weighted by Gasteiger charge is -2.20. The summed E-state index contributed by atoms with van der Waals surface area (Å²) in [7, 11) is 0. The quantitative estimate of drug-likeness (QED) is 0.181. The fourth-order valence-corrected chi connectivity index (χ4v) is 3.90. The number of nitrogens with two attached hydrogens (primary N) is 1. The molecule has 1 amide bonds. The molecule has 3 rings (SSSR count). The smallest absolute Gasteiger partial charge is 0.264 e. The molecule has 9 nitrogen and oxygen atoms in total. The van der Waals surface area contributed by atoms with Gasteiger partial charge in [-0.25, -0.2) is 10.1 Å². The number of carbonyl (C=O) groups is 1. The van der Waals surface area contributed by atoms with Crippen LogP contribution in [0, 0.1) is 13.8 Å². The van der Waals surface area contributed by atoms with Gasteiger partial charge in [0.2, 0.25) is 11.1 Å². The molecular formula is C23H30N8OS. The van der Waals surface area contributed by atoms with E-state index in [0.29, 0.717) is 5.16 Å². The molecule has 4 N–H and O–H groups in total. The molecular weight excluding hydrogens is 436 g/mol. The third kappa shape index (κ3) is 6.48. The van der Waals surface area contributed by atoms with Gasteiger partial charge in [0.25, 0.3) is 5.95 Å². The molecule has 0 unspecified atom stereocenters. The lowest BCUT2D eigenvalue weighted by Crippen LogP contribution is -2.21. The van der Waals surface area contributed by atoms with Crippen LogP contribution in [0.5, 0.6) is 0 Å². The van der Waals surface area contributed by atoms with Crippen LogP contribution in [0.1, 0.15) is 30.5 Å². The SMILES string of the molecule is CCN(CC)c1ccc(/C=N/Nc2nnc(SCC(=O)Nc3ccc(C)cc3C)n2N)cc1. The van der Waals surface area contributed by atoms with E-state index < -0.39 is 0 Å². The maximum absolute atomic E-state index is 12.3. The van der Waals surface area contributed by atoms with Gasteiger partial charge in [-0.15, -0.1) is 10.2 Å². The summed E-state index contributed by atoms with van der Waals surface area (Å²) in [5, 5.41) is 15.5. The van der Waals surface area contributed by atoms with Gasteiger partial charge in [-0.3, -0.25) is 4.79 Å². The maximum Gasteiger partial charge on any atom is 0.264 e. The number of hydrogen-bond acceptors (Lipinski definition) is 8. The minimum Gasteiger partial charge on any atom is -0.372 e. The van der Waals surface area contributed by atoms with Crippen molar-refractivity contribution in [3.8, 4) is 0 Å². The Kier molecular flexibility index (Phi) is 8.31. The second-order valence-electron chi connectivity index (χ2n) is 7.47. The molecule has 0 atom stereocenters. The molecule has 0 saturated heterocycles. The molecule has 0 spiro atoms. The molecule has 1 aromatic heterocycles. The number of rotatable bonds is 10. The van der Waals surface area contributed by atoms with Crippen LogP contribution in [0.25, 0.3) is 0 Å². The number of nitrogen functional groups attached to an aromatic ring is 1. The van der Waals surface area contributed by atoms with E-state index in [1.807, 2.05) is 44.2 Å². The minimum absolute atomic E-state index is 0.143. The van der Waals surface area contributed by atoms with E-state index in [1.165, 1.54) is 22.1 Å². The van der Waals surface area contributed by atoms with Crippen LogP contribution < -0.4 is 21.5 Å². The lowest BCUT2D eigenvalue weighted by molar-refractivity contribution is -0.113. The van der Waals surface area contributed by atoms with Crippen molar-refractivity contribution in [1.82, 2.24) is 14.9 Å². The van der Waals surface area contributed by atoms with Gasteiger partial charge in [-0.05, 0) is 57.0 Å². The average Bonchev–Trinajstić information content (AvgIpc) is 3.15.